The zero-order chi connectivity index (χ0) is 20.8. The van der Waals surface area contributed by atoms with Crippen molar-refractivity contribution in [2.24, 2.45) is 0 Å². The van der Waals surface area contributed by atoms with Gasteiger partial charge >= 0.3 is 0 Å². The Bertz CT molecular complexity index is 978. The number of nitrogens with zero attached hydrogens (tertiary/aromatic N) is 1. The van der Waals surface area contributed by atoms with Crippen LogP contribution in [0.4, 0.5) is 0 Å². The lowest BCUT2D eigenvalue weighted by Gasteiger charge is -2.25. The van der Waals surface area contributed by atoms with Gasteiger partial charge in [-0.25, -0.2) is 0 Å². The van der Waals surface area contributed by atoms with Crippen LogP contribution in [0.15, 0.2) is 65.4 Å². The van der Waals surface area contributed by atoms with E-state index in [2.05, 4.69) is 5.32 Å². The van der Waals surface area contributed by atoms with Gasteiger partial charge in [0.1, 0.15) is 6.04 Å². The van der Waals surface area contributed by atoms with Crippen molar-refractivity contribution in [3.63, 3.8) is 0 Å². The van der Waals surface area contributed by atoms with Crippen molar-refractivity contribution in [3.8, 4) is 0 Å². The van der Waals surface area contributed by atoms with Gasteiger partial charge < -0.3 is 10.2 Å². The fraction of sp³-hybridized carbons (Fsp3) is 0.182. The molecule has 0 aliphatic rings. The Morgan fingerprint density at radius 2 is 1.83 bits per heavy atom. The number of hydrogen-bond donors (Lipinski definition) is 1. The van der Waals surface area contributed by atoms with E-state index in [0.717, 1.165) is 11.1 Å². The van der Waals surface area contributed by atoms with Gasteiger partial charge in [0.25, 0.3) is 5.91 Å². The van der Waals surface area contributed by atoms with Crippen LogP contribution in [0.2, 0.25) is 10.0 Å². The molecule has 150 valence electrons. The first-order valence-electron chi connectivity index (χ1n) is 9.00. The summed E-state index contributed by atoms with van der Waals surface area (Å²) >= 11 is 13.7. The number of carbonyl (C=O) groups excluding carboxylic acids is 2. The van der Waals surface area contributed by atoms with Crippen molar-refractivity contribution in [1.29, 1.82) is 0 Å². The molecule has 0 aliphatic heterocycles. The Hall–Kier alpha value is -2.34. The lowest BCUT2D eigenvalue weighted by atomic mass is 10.0. The Balaban J connectivity index is 1.80. The molecule has 0 unspecified atom stereocenters. The molecule has 0 spiro atoms. The Morgan fingerprint density at radius 1 is 1.07 bits per heavy atom. The zero-order valence-corrected chi connectivity index (χ0v) is 18.1. The van der Waals surface area contributed by atoms with Crippen LogP contribution in [0.3, 0.4) is 0 Å². The number of hydrogen-bond acceptors (Lipinski definition) is 3. The standard InChI is InChI=1S/C22H20Cl2N2O2S/c1-26(13-16-9-10-29-14-16)22(28)20(11-15-5-3-2-4-6-15)25-21(27)18-8-7-17(23)12-19(18)24/h2-10,12,14,20H,11,13H2,1H3,(H,25,27)/t20-/m1/s1. The van der Waals surface area contributed by atoms with E-state index in [1.807, 2.05) is 47.2 Å². The highest BCUT2D eigenvalue weighted by Gasteiger charge is 2.26. The molecular weight excluding hydrogens is 427 g/mol. The topological polar surface area (TPSA) is 49.4 Å². The van der Waals surface area contributed by atoms with Crippen molar-refractivity contribution in [2.45, 2.75) is 19.0 Å². The Kier molecular flexibility index (Phi) is 7.31. The fourth-order valence-corrected chi connectivity index (χ4v) is 4.11. The second-order valence-electron chi connectivity index (χ2n) is 6.67. The molecule has 29 heavy (non-hydrogen) atoms. The molecule has 1 N–H and O–H groups in total. The van der Waals surface area contributed by atoms with Crippen LogP contribution in [0.25, 0.3) is 0 Å². The monoisotopic (exact) mass is 446 g/mol. The summed E-state index contributed by atoms with van der Waals surface area (Å²) in [6.07, 6.45) is 0.380. The molecule has 0 aliphatic carbocycles. The molecule has 1 heterocycles. The number of thiophene rings is 1. The smallest absolute Gasteiger partial charge is 0.253 e. The maximum absolute atomic E-state index is 13.1. The molecule has 2 aromatic carbocycles. The van der Waals surface area contributed by atoms with Gasteiger partial charge in [-0.1, -0.05) is 53.5 Å². The van der Waals surface area contributed by atoms with E-state index in [0.29, 0.717) is 18.0 Å². The second-order valence-corrected chi connectivity index (χ2v) is 8.29. The van der Waals surface area contributed by atoms with Crippen LogP contribution in [0.5, 0.6) is 0 Å². The third-order valence-corrected chi connectivity index (χ3v) is 5.72. The third kappa shape index (κ3) is 5.82. The molecule has 3 aromatic rings. The molecule has 1 atom stereocenters. The third-order valence-electron chi connectivity index (χ3n) is 4.44. The second kappa shape index (κ2) is 9.92. The average molecular weight is 447 g/mol. The van der Waals surface area contributed by atoms with Crippen LogP contribution in [-0.2, 0) is 17.8 Å². The first-order chi connectivity index (χ1) is 13.9. The minimum atomic E-state index is -0.722. The van der Waals surface area contributed by atoms with Gasteiger partial charge in [-0.3, -0.25) is 9.59 Å². The normalized spacial score (nSPS) is 11.7. The summed E-state index contributed by atoms with van der Waals surface area (Å²) in [5, 5.41) is 7.51. The van der Waals surface area contributed by atoms with Gasteiger partial charge in [0, 0.05) is 25.0 Å². The fourth-order valence-electron chi connectivity index (χ4n) is 2.96. The minimum absolute atomic E-state index is 0.168. The maximum Gasteiger partial charge on any atom is 0.253 e. The van der Waals surface area contributed by atoms with E-state index in [4.69, 9.17) is 23.2 Å². The van der Waals surface area contributed by atoms with Crippen molar-refractivity contribution < 1.29 is 9.59 Å². The highest BCUT2D eigenvalue weighted by atomic mass is 35.5. The van der Waals surface area contributed by atoms with Crippen LogP contribution in [0.1, 0.15) is 21.5 Å². The minimum Gasteiger partial charge on any atom is -0.340 e. The summed E-state index contributed by atoms with van der Waals surface area (Å²) < 4.78 is 0. The van der Waals surface area contributed by atoms with Gasteiger partial charge in [0.2, 0.25) is 5.91 Å². The zero-order valence-electron chi connectivity index (χ0n) is 15.8. The van der Waals surface area contributed by atoms with Crippen LogP contribution in [-0.4, -0.2) is 29.8 Å². The van der Waals surface area contributed by atoms with Crippen molar-refractivity contribution in [1.82, 2.24) is 10.2 Å². The predicted octanol–water partition coefficient (Wildman–Crippen LogP) is 5.05. The van der Waals surface area contributed by atoms with Crippen molar-refractivity contribution in [3.05, 3.63) is 92.1 Å². The summed E-state index contributed by atoms with van der Waals surface area (Å²) in [6, 6.07) is 15.5. The Morgan fingerprint density at radius 3 is 2.48 bits per heavy atom. The van der Waals surface area contributed by atoms with E-state index in [9.17, 15) is 9.59 Å². The van der Waals surface area contributed by atoms with Crippen LogP contribution < -0.4 is 5.32 Å². The van der Waals surface area contributed by atoms with E-state index < -0.39 is 11.9 Å². The number of nitrogens with one attached hydrogen (secondary N) is 1. The molecule has 0 saturated heterocycles. The number of halogens is 2. The van der Waals surface area contributed by atoms with Gasteiger partial charge in [-0.2, -0.15) is 11.3 Å². The molecule has 0 bridgehead atoms. The van der Waals surface area contributed by atoms with E-state index in [1.165, 1.54) is 6.07 Å². The molecule has 0 radical (unpaired) electrons. The van der Waals surface area contributed by atoms with Crippen molar-refractivity contribution >= 4 is 46.4 Å². The molecule has 0 fully saturated rings. The number of carbonyl (C=O) groups is 2. The summed E-state index contributed by atoms with van der Waals surface area (Å²) in [5.74, 6) is -0.580. The van der Waals surface area contributed by atoms with Crippen LogP contribution >= 0.6 is 34.5 Å². The number of rotatable bonds is 7. The predicted molar refractivity (Wildman–Crippen MR) is 119 cm³/mol. The van der Waals surface area contributed by atoms with Gasteiger partial charge in [0.05, 0.1) is 10.6 Å². The number of likely N-dealkylation sites (N-methyl/N-ethyl adjacent to an activating group) is 1. The van der Waals surface area contributed by atoms with E-state index in [-0.39, 0.29) is 16.5 Å². The molecule has 1 aromatic heterocycles. The Labute approximate surface area is 184 Å². The van der Waals surface area contributed by atoms with Crippen molar-refractivity contribution in [2.75, 3.05) is 7.05 Å². The first-order valence-corrected chi connectivity index (χ1v) is 10.7. The lowest BCUT2D eigenvalue weighted by Crippen LogP contribution is -2.48. The summed E-state index contributed by atoms with van der Waals surface area (Å²) in [7, 11) is 1.74. The number of amides is 2. The molecule has 2 amide bonds. The quantitative estimate of drug-likeness (QED) is 0.551. The number of benzene rings is 2. The van der Waals surface area contributed by atoms with Gasteiger partial charge in [-0.05, 0) is 46.2 Å². The average Bonchev–Trinajstić information content (AvgIpc) is 3.20. The molecule has 3 rings (SSSR count). The van der Waals surface area contributed by atoms with E-state index >= 15 is 0 Å². The summed E-state index contributed by atoms with van der Waals surface area (Å²) in [4.78, 5) is 27.6. The lowest BCUT2D eigenvalue weighted by molar-refractivity contribution is -0.132. The highest BCUT2D eigenvalue weighted by Crippen LogP contribution is 2.21. The maximum atomic E-state index is 13.1. The summed E-state index contributed by atoms with van der Waals surface area (Å²) in [6.45, 7) is 0.477. The summed E-state index contributed by atoms with van der Waals surface area (Å²) in [5.41, 5.74) is 2.29. The first kappa shape index (κ1) is 21.4. The molecule has 0 saturated carbocycles. The van der Waals surface area contributed by atoms with Gasteiger partial charge in [-0.15, -0.1) is 0 Å². The highest BCUT2D eigenvalue weighted by molar-refractivity contribution is 7.07. The molecular formula is C22H20Cl2N2O2S. The van der Waals surface area contributed by atoms with Gasteiger partial charge in [0.15, 0.2) is 0 Å². The largest absolute Gasteiger partial charge is 0.340 e. The van der Waals surface area contributed by atoms with E-state index in [1.54, 1.807) is 35.4 Å². The molecule has 7 heteroatoms. The molecule has 4 nitrogen and oxygen atoms in total. The SMILES string of the molecule is CN(Cc1ccsc1)C(=O)[C@@H](Cc1ccccc1)NC(=O)c1ccc(Cl)cc1Cl. The van der Waals surface area contributed by atoms with Crippen LogP contribution in [0, 0.1) is 0 Å².